The molecule has 0 fully saturated rings. The second-order valence-electron chi connectivity index (χ2n) is 4.17. The van der Waals surface area contributed by atoms with E-state index in [-0.39, 0.29) is 5.82 Å². The zero-order valence-corrected chi connectivity index (χ0v) is 11.7. The molecule has 0 spiro atoms. The van der Waals surface area contributed by atoms with Crippen LogP contribution in [0.3, 0.4) is 0 Å². The van der Waals surface area contributed by atoms with E-state index in [1.165, 1.54) is 12.1 Å². The van der Waals surface area contributed by atoms with Gasteiger partial charge < -0.3 is 9.84 Å². The first-order valence-electron chi connectivity index (χ1n) is 5.57. The van der Waals surface area contributed by atoms with Crippen LogP contribution >= 0.6 is 15.9 Å². The molecule has 1 heterocycles. The van der Waals surface area contributed by atoms with E-state index in [0.717, 1.165) is 4.47 Å². The first-order valence-corrected chi connectivity index (χ1v) is 6.37. The standard InChI is InChI=1S/C12H13BrFN3O/c1-7(2)15-6-11-16-12(17-18-11)9-5-8(14)3-4-10(9)13/h3-5,7,15H,6H2,1-2H3. The van der Waals surface area contributed by atoms with E-state index in [2.05, 4.69) is 31.4 Å². The molecule has 0 atom stereocenters. The van der Waals surface area contributed by atoms with E-state index in [1.54, 1.807) is 6.07 Å². The van der Waals surface area contributed by atoms with Gasteiger partial charge in [0.2, 0.25) is 11.7 Å². The second kappa shape index (κ2) is 5.58. The molecule has 1 aromatic heterocycles. The van der Waals surface area contributed by atoms with E-state index in [1.807, 2.05) is 13.8 Å². The van der Waals surface area contributed by atoms with Gasteiger partial charge in [0.05, 0.1) is 6.54 Å². The van der Waals surface area contributed by atoms with Crippen molar-refractivity contribution >= 4 is 15.9 Å². The first-order chi connectivity index (χ1) is 8.56. The molecule has 0 saturated carbocycles. The maximum Gasteiger partial charge on any atom is 0.240 e. The number of hydrogen-bond acceptors (Lipinski definition) is 4. The Hall–Kier alpha value is -1.27. The van der Waals surface area contributed by atoms with E-state index < -0.39 is 0 Å². The summed E-state index contributed by atoms with van der Waals surface area (Å²) >= 11 is 3.33. The van der Waals surface area contributed by atoms with Gasteiger partial charge in [0.15, 0.2) is 0 Å². The molecule has 2 rings (SSSR count). The lowest BCUT2D eigenvalue weighted by Gasteiger charge is -2.03. The fourth-order valence-corrected chi connectivity index (χ4v) is 1.82. The molecule has 18 heavy (non-hydrogen) atoms. The molecule has 0 aliphatic rings. The summed E-state index contributed by atoms with van der Waals surface area (Å²) in [6.07, 6.45) is 0. The Kier molecular flexibility index (Phi) is 4.08. The van der Waals surface area contributed by atoms with Crippen molar-refractivity contribution < 1.29 is 8.91 Å². The van der Waals surface area contributed by atoms with Crippen LogP contribution in [0.5, 0.6) is 0 Å². The molecule has 2 aromatic rings. The Morgan fingerprint density at radius 3 is 2.94 bits per heavy atom. The number of rotatable bonds is 4. The summed E-state index contributed by atoms with van der Waals surface area (Å²) in [6.45, 7) is 4.55. The van der Waals surface area contributed by atoms with Gasteiger partial charge in [-0.1, -0.05) is 34.9 Å². The zero-order valence-electron chi connectivity index (χ0n) is 10.1. The molecular formula is C12H13BrFN3O. The van der Waals surface area contributed by atoms with E-state index in [0.29, 0.717) is 29.9 Å². The molecule has 0 aliphatic heterocycles. The van der Waals surface area contributed by atoms with Crippen molar-refractivity contribution in [2.45, 2.75) is 26.4 Å². The third-order valence-corrected chi connectivity index (χ3v) is 2.99. The van der Waals surface area contributed by atoms with Gasteiger partial charge in [-0.15, -0.1) is 0 Å². The van der Waals surface area contributed by atoms with Crippen LogP contribution in [0.2, 0.25) is 0 Å². The van der Waals surface area contributed by atoms with Gasteiger partial charge in [-0.3, -0.25) is 0 Å². The number of halogens is 2. The Morgan fingerprint density at radius 2 is 2.22 bits per heavy atom. The molecule has 6 heteroatoms. The van der Waals surface area contributed by atoms with Gasteiger partial charge in [0, 0.05) is 16.1 Å². The Balaban J connectivity index is 2.21. The molecule has 0 amide bonds. The molecular weight excluding hydrogens is 301 g/mol. The Bertz CT molecular complexity index is 542. The summed E-state index contributed by atoms with van der Waals surface area (Å²) in [5.74, 6) is 0.525. The highest BCUT2D eigenvalue weighted by Crippen LogP contribution is 2.26. The highest BCUT2D eigenvalue weighted by atomic mass is 79.9. The minimum atomic E-state index is -0.333. The van der Waals surface area contributed by atoms with Gasteiger partial charge >= 0.3 is 0 Å². The lowest BCUT2D eigenvalue weighted by atomic mass is 10.2. The molecule has 0 radical (unpaired) electrons. The normalized spacial score (nSPS) is 11.2. The zero-order chi connectivity index (χ0) is 13.1. The third kappa shape index (κ3) is 3.14. The molecule has 1 N–H and O–H groups in total. The van der Waals surface area contributed by atoms with Crippen LogP contribution in [0.1, 0.15) is 19.7 Å². The molecule has 1 aromatic carbocycles. The molecule has 0 unspecified atom stereocenters. The van der Waals surface area contributed by atoms with Crippen molar-refractivity contribution in [2.75, 3.05) is 0 Å². The highest BCUT2D eigenvalue weighted by Gasteiger charge is 2.12. The molecule has 0 saturated heterocycles. The first kappa shape index (κ1) is 13.2. The van der Waals surface area contributed by atoms with Crippen LogP contribution < -0.4 is 5.32 Å². The lowest BCUT2D eigenvalue weighted by Crippen LogP contribution is -2.21. The smallest absolute Gasteiger partial charge is 0.240 e. The maximum absolute atomic E-state index is 13.2. The predicted molar refractivity (Wildman–Crippen MR) is 69.4 cm³/mol. The number of hydrogen-bond donors (Lipinski definition) is 1. The summed E-state index contributed by atoms with van der Waals surface area (Å²) in [7, 11) is 0. The summed E-state index contributed by atoms with van der Waals surface area (Å²) in [5.41, 5.74) is 0.578. The summed E-state index contributed by atoms with van der Waals surface area (Å²) in [4.78, 5) is 4.22. The minimum absolute atomic E-state index is 0.333. The Morgan fingerprint density at radius 1 is 1.44 bits per heavy atom. The monoisotopic (exact) mass is 313 g/mol. The summed E-state index contributed by atoms with van der Waals surface area (Å²) < 4.78 is 19.0. The fourth-order valence-electron chi connectivity index (χ4n) is 1.40. The number of nitrogens with zero attached hydrogens (tertiary/aromatic N) is 2. The average molecular weight is 314 g/mol. The van der Waals surface area contributed by atoms with E-state index in [9.17, 15) is 4.39 Å². The van der Waals surface area contributed by atoms with Gasteiger partial charge in [-0.2, -0.15) is 4.98 Å². The van der Waals surface area contributed by atoms with Crippen molar-refractivity contribution in [3.8, 4) is 11.4 Å². The van der Waals surface area contributed by atoms with Crippen molar-refractivity contribution in [2.24, 2.45) is 0 Å². The van der Waals surface area contributed by atoms with Crippen LogP contribution in [0, 0.1) is 5.82 Å². The third-order valence-electron chi connectivity index (χ3n) is 2.30. The van der Waals surface area contributed by atoms with E-state index >= 15 is 0 Å². The number of benzene rings is 1. The van der Waals surface area contributed by atoms with Gasteiger partial charge in [0.25, 0.3) is 0 Å². The van der Waals surface area contributed by atoms with Crippen LogP contribution in [0.25, 0.3) is 11.4 Å². The van der Waals surface area contributed by atoms with E-state index in [4.69, 9.17) is 4.52 Å². The van der Waals surface area contributed by atoms with Crippen LogP contribution in [-0.4, -0.2) is 16.2 Å². The molecule has 4 nitrogen and oxygen atoms in total. The molecule has 0 bridgehead atoms. The maximum atomic E-state index is 13.2. The van der Waals surface area contributed by atoms with Crippen molar-refractivity contribution in [3.05, 3.63) is 34.4 Å². The van der Waals surface area contributed by atoms with Crippen LogP contribution in [-0.2, 0) is 6.54 Å². The number of nitrogens with one attached hydrogen (secondary N) is 1. The van der Waals surface area contributed by atoms with Crippen molar-refractivity contribution in [3.63, 3.8) is 0 Å². The largest absolute Gasteiger partial charge is 0.338 e. The summed E-state index contributed by atoms with van der Waals surface area (Å²) in [6, 6.07) is 4.69. The fraction of sp³-hybridized carbons (Fsp3) is 0.333. The van der Waals surface area contributed by atoms with Crippen LogP contribution in [0.4, 0.5) is 4.39 Å². The van der Waals surface area contributed by atoms with Crippen molar-refractivity contribution in [1.82, 2.24) is 15.5 Å². The molecule has 96 valence electrons. The quantitative estimate of drug-likeness (QED) is 0.942. The topological polar surface area (TPSA) is 51.0 Å². The molecule has 0 aliphatic carbocycles. The van der Waals surface area contributed by atoms with Gasteiger partial charge in [-0.05, 0) is 18.2 Å². The lowest BCUT2D eigenvalue weighted by molar-refractivity contribution is 0.362. The predicted octanol–water partition coefficient (Wildman–Crippen LogP) is 3.14. The van der Waals surface area contributed by atoms with Gasteiger partial charge in [-0.25, -0.2) is 4.39 Å². The average Bonchev–Trinajstić information content (AvgIpc) is 2.78. The van der Waals surface area contributed by atoms with Crippen LogP contribution in [0.15, 0.2) is 27.2 Å². The Labute approximate surface area is 113 Å². The minimum Gasteiger partial charge on any atom is -0.338 e. The second-order valence-corrected chi connectivity index (χ2v) is 5.03. The number of aromatic nitrogens is 2. The SMILES string of the molecule is CC(C)NCc1nc(-c2cc(F)ccc2Br)no1. The van der Waals surface area contributed by atoms with Crippen molar-refractivity contribution in [1.29, 1.82) is 0 Å². The highest BCUT2D eigenvalue weighted by molar-refractivity contribution is 9.10. The van der Waals surface area contributed by atoms with Gasteiger partial charge in [0.1, 0.15) is 5.82 Å². The summed E-state index contributed by atoms with van der Waals surface area (Å²) in [5, 5.41) is 7.01.